The van der Waals surface area contributed by atoms with E-state index in [1.807, 2.05) is 0 Å². The first-order valence-electron chi connectivity index (χ1n) is 11.6. The molecule has 28 heavy (non-hydrogen) atoms. The van der Waals surface area contributed by atoms with Crippen molar-refractivity contribution in [2.75, 3.05) is 6.61 Å². The molecule has 0 radical (unpaired) electrons. The zero-order valence-corrected chi connectivity index (χ0v) is 18.5. The molecule has 160 valence electrons. The minimum absolute atomic E-state index is 0.181. The van der Waals surface area contributed by atoms with Gasteiger partial charge in [-0.25, -0.2) is 0 Å². The summed E-state index contributed by atoms with van der Waals surface area (Å²) in [6.07, 6.45) is 23.0. The molecule has 0 saturated heterocycles. The van der Waals surface area contributed by atoms with E-state index in [0.717, 1.165) is 25.2 Å². The van der Waals surface area contributed by atoms with E-state index in [4.69, 9.17) is 5.11 Å². The van der Waals surface area contributed by atoms with Crippen molar-refractivity contribution in [1.82, 2.24) is 0 Å². The third kappa shape index (κ3) is 22.8. The standard InChI is InChI=1S/C26H44O2/c1-25(2)21-17-14-12-10-8-6-4-3-5-7-9-11-13-15-18-22-26(28)23-19-16-20-24-27/h4,6,25-28H,3,5,7-15,17-18,21-22,24H2,1-2H3/b6-4-/t26-/m0/s1. The summed E-state index contributed by atoms with van der Waals surface area (Å²) in [7, 11) is 0. The van der Waals surface area contributed by atoms with Crippen LogP contribution in [0.2, 0.25) is 0 Å². The summed E-state index contributed by atoms with van der Waals surface area (Å²) in [5.41, 5.74) is 0. The van der Waals surface area contributed by atoms with E-state index in [1.54, 1.807) is 0 Å². The summed E-state index contributed by atoms with van der Waals surface area (Å²) in [5.74, 6) is 11.1. The Hall–Kier alpha value is -1.22. The monoisotopic (exact) mass is 388 g/mol. The van der Waals surface area contributed by atoms with Gasteiger partial charge in [0.05, 0.1) is 0 Å². The Kier molecular flexibility index (Phi) is 21.1. The van der Waals surface area contributed by atoms with Gasteiger partial charge in [-0.2, -0.15) is 0 Å². The van der Waals surface area contributed by atoms with Crippen molar-refractivity contribution in [1.29, 1.82) is 0 Å². The van der Waals surface area contributed by atoms with E-state index in [9.17, 15) is 5.11 Å². The van der Waals surface area contributed by atoms with Crippen molar-refractivity contribution in [2.45, 2.75) is 116 Å². The summed E-state index contributed by atoms with van der Waals surface area (Å²) in [6.45, 7) is 4.44. The van der Waals surface area contributed by atoms with Gasteiger partial charge in [-0.3, -0.25) is 0 Å². The molecule has 0 bridgehead atoms. The van der Waals surface area contributed by atoms with Gasteiger partial charge in [-0.15, -0.1) is 0 Å². The third-order valence-corrected chi connectivity index (χ3v) is 4.89. The quantitative estimate of drug-likeness (QED) is 0.172. The maximum absolute atomic E-state index is 9.67. The number of unbranched alkanes of at least 4 members (excludes halogenated alkanes) is 11. The van der Waals surface area contributed by atoms with E-state index in [2.05, 4.69) is 49.7 Å². The lowest BCUT2D eigenvalue weighted by molar-refractivity contribution is 0.217. The second-order valence-corrected chi connectivity index (χ2v) is 8.15. The summed E-state index contributed by atoms with van der Waals surface area (Å²) in [6, 6.07) is 0. The Morgan fingerprint density at radius 3 is 1.71 bits per heavy atom. The van der Waals surface area contributed by atoms with Crippen LogP contribution in [0.4, 0.5) is 0 Å². The average Bonchev–Trinajstić information content (AvgIpc) is 2.67. The van der Waals surface area contributed by atoms with Gasteiger partial charge in [0.15, 0.2) is 0 Å². The van der Waals surface area contributed by atoms with Crippen LogP contribution in [0.25, 0.3) is 0 Å². The second kappa shape index (κ2) is 22.1. The molecule has 0 aliphatic rings. The van der Waals surface area contributed by atoms with Gasteiger partial charge in [0.1, 0.15) is 12.7 Å². The first kappa shape index (κ1) is 26.8. The number of aliphatic hydroxyl groups excluding tert-OH is 2. The van der Waals surface area contributed by atoms with Crippen LogP contribution in [0.3, 0.4) is 0 Å². The molecule has 0 aromatic carbocycles. The maximum Gasteiger partial charge on any atom is 0.115 e. The highest BCUT2D eigenvalue weighted by Crippen LogP contribution is 2.12. The predicted molar refractivity (Wildman–Crippen MR) is 122 cm³/mol. The van der Waals surface area contributed by atoms with Crippen LogP contribution in [0.5, 0.6) is 0 Å². The van der Waals surface area contributed by atoms with E-state index < -0.39 is 6.10 Å². The summed E-state index contributed by atoms with van der Waals surface area (Å²) >= 11 is 0. The molecule has 2 heteroatoms. The van der Waals surface area contributed by atoms with E-state index in [-0.39, 0.29) is 6.61 Å². The zero-order valence-electron chi connectivity index (χ0n) is 18.5. The van der Waals surface area contributed by atoms with E-state index >= 15 is 0 Å². The van der Waals surface area contributed by atoms with Crippen LogP contribution >= 0.6 is 0 Å². The minimum atomic E-state index is -0.584. The first-order chi connectivity index (χ1) is 13.7. The molecule has 2 nitrogen and oxygen atoms in total. The third-order valence-electron chi connectivity index (χ3n) is 4.89. The Balaban J connectivity index is 3.27. The maximum atomic E-state index is 9.67. The van der Waals surface area contributed by atoms with Crippen molar-refractivity contribution < 1.29 is 10.2 Å². The topological polar surface area (TPSA) is 40.5 Å². The molecule has 0 heterocycles. The number of hydrogen-bond donors (Lipinski definition) is 2. The number of rotatable bonds is 17. The zero-order chi connectivity index (χ0) is 20.7. The molecule has 0 unspecified atom stereocenters. The Morgan fingerprint density at radius 2 is 1.18 bits per heavy atom. The summed E-state index contributed by atoms with van der Waals surface area (Å²) < 4.78 is 0. The average molecular weight is 389 g/mol. The number of allylic oxidation sites excluding steroid dienone is 2. The fraction of sp³-hybridized carbons (Fsp3) is 0.769. The highest BCUT2D eigenvalue weighted by atomic mass is 16.3. The molecule has 0 aliphatic carbocycles. The van der Waals surface area contributed by atoms with Gasteiger partial charge >= 0.3 is 0 Å². The van der Waals surface area contributed by atoms with E-state index in [0.29, 0.717) is 0 Å². The lowest BCUT2D eigenvalue weighted by Crippen LogP contribution is -2.01. The van der Waals surface area contributed by atoms with Crippen molar-refractivity contribution in [3.05, 3.63) is 12.2 Å². The van der Waals surface area contributed by atoms with Crippen molar-refractivity contribution in [2.24, 2.45) is 5.92 Å². The molecule has 0 rings (SSSR count). The van der Waals surface area contributed by atoms with Crippen LogP contribution in [-0.4, -0.2) is 22.9 Å². The van der Waals surface area contributed by atoms with Gasteiger partial charge in [-0.1, -0.05) is 95.6 Å². The lowest BCUT2D eigenvalue weighted by Gasteiger charge is -2.03. The van der Waals surface area contributed by atoms with Gasteiger partial charge in [0.25, 0.3) is 0 Å². The number of hydrogen-bond acceptors (Lipinski definition) is 2. The fourth-order valence-corrected chi connectivity index (χ4v) is 3.16. The van der Waals surface area contributed by atoms with E-state index in [1.165, 1.54) is 77.0 Å². The highest BCUT2D eigenvalue weighted by Gasteiger charge is 1.98. The molecule has 0 aliphatic heterocycles. The molecular weight excluding hydrogens is 344 g/mol. The molecule has 2 N–H and O–H groups in total. The Labute approximate surface area is 175 Å². The molecule has 0 spiro atoms. The summed E-state index contributed by atoms with van der Waals surface area (Å²) in [5, 5.41) is 18.2. The predicted octanol–water partition coefficient (Wildman–Crippen LogP) is 6.41. The molecule has 0 fully saturated rings. The fourth-order valence-electron chi connectivity index (χ4n) is 3.16. The molecule has 0 aromatic heterocycles. The van der Waals surface area contributed by atoms with Crippen LogP contribution in [0.15, 0.2) is 12.2 Å². The largest absolute Gasteiger partial charge is 0.384 e. The molecule has 0 saturated carbocycles. The van der Waals surface area contributed by atoms with Gasteiger partial charge in [-0.05, 0) is 56.3 Å². The Morgan fingerprint density at radius 1 is 0.679 bits per heavy atom. The van der Waals surface area contributed by atoms with Crippen LogP contribution in [-0.2, 0) is 0 Å². The molecular formula is C26H44O2. The Bertz CT molecular complexity index is 470. The SMILES string of the molecule is CC(C)CCCCCC/C=C\CCCCCCCCC[C@H](O)C#CC#CCO. The molecule has 0 aromatic rings. The van der Waals surface area contributed by atoms with Gasteiger partial charge < -0.3 is 10.2 Å². The summed E-state index contributed by atoms with van der Waals surface area (Å²) in [4.78, 5) is 0. The van der Waals surface area contributed by atoms with Crippen molar-refractivity contribution in [3.63, 3.8) is 0 Å². The van der Waals surface area contributed by atoms with Crippen molar-refractivity contribution >= 4 is 0 Å². The van der Waals surface area contributed by atoms with Gasteiger partial charge in [0.2, 0.25) is 0 Å². The van der Waals surface area contributed by atoms with Crippen LogP contribution in [0.1, 0.15) is 110 Å². The molecule has 0 amide bonds. The van der Waals surface area contributed by atoms with Crippen LogP contribution in [0, 0.1) is 29.6 Å². The number of aliphatic hydroxyl groups is 2. The minimum Gasteiger partial charge on any atom is -0.384 e. The van der Waals surface area contributed by atoms with Crippen LogP contribution < -0.4 is 0 Å². The second-order valence-electron chi connectivity index (χ2n) is 8.15. The van der Waals surface area contributed by atoms with Gasteiger partial charge in [0, 0.05) is 0 Å². The normalized spacial score (nSPS) is 11.9. The molecule has 1 atom stereocenters. The van der Waals surface area contributed by atoms with Crippen molar-refractivity contribution in [3.8, 4) is 23.7 Å². The first-order valence-corrected chi connectivity index (χ1v) is 11.6. The lowest BCUT2D eigenvalue weighted by atomic mass is 10.0. The highest BCUT2D eigenvalue weighted by molar-refractivity contribution is 5.27. The smallest absolute Gasteiger partial charge is 0.115 e.